The zero-order valence-electron chi connectivity index (χ0n) is 17.8. The summed E-state index contributed by atoms with van der Waals surface area (Å²) < 4.78 is 13.5. The molecule has 1 aliphatic rings. The summed E-state index contributed by atoms with van der Waals surface area (Å²) in [5.74, 6) is 0.801. The summed E-state index contributed by atoms with van der Waals surface area (Å²) in [6.07, 6.45) is 8.80. The molecule has 0 aliphatic carbocycles. The molecule has 0 spiro atoms. The van der Waals surface area contributed by atoms with Crippen molar-refractivity contribution in [2.24, 2.45) is 11.8 Å². The maximum atomic E-state index is 12.3. The Morgan fingerprint density at radius 1 is 1.31 bits per heavy atom. The van der Waals surface area contributed by atoms with Crippen LogP contribution in [0, 0.1) is 11.8 Å². The molecule has 4 atom stereocenters. The molecule has 0 N–H and O–H groups in total. The highest BCUT2D eigenvalue weighted by Gasteiger charge is 2.40. The van der Waals surface area contributed by atoms with Gasteiger partial charge in [0.15, 0.2) is 8.32 Å². The maximum Gasteiger partial charge on any atom is 0.306 e. The largest absolute Gasteiger partial charge is 0.462 e. The highest BCUT2D eigenvalue weighted by Crippen LogP contribution is 2.39. The summed E-state index contributed by atoms with van der Waals surface area (Å²) >= 11 is 2.37. The second kappa shape index (κ2) is 10.6. The van der Waals surface area contributed by atoms with Crippen molar-refractivity contribution in [2.75, 3.05) is 4.43 Å². The Bertz CT molecular complexity index is 470. The molecular weight excluding hydrogens is 455 g/mol. The smallest absolute Gasteiger partial charge is 0.306 e. The Balaban J connectivity index is 2.86. The first-order chi connectivity index (χ1) is 12.0. The van der Waals surface area contributed by atoms with E-state index in [0.29, 0.717) is 18.3 Å². The van der Waals surface area contributed by atoms with Gasteiger partial charge in [-0.3, -0.25) is 4.79 Å². The lowest BCUT2D eigenvalue weighted by Gasteiger charge is -2.41. The summed E-state index contributed by atoms with van der Waals surface area (Å²) in [5, 5.41) is 0.202. The zero-order chi connectivity index (χ0) is 20.0. The minimum atomic E-state index is -1.81. The van der Waals surface area contributed by atoms with E-state index in [1.165, 1.54) is 0 Å². The van der Waals surface area contributed by atoms with Gasteiger partial charge in [-0.15, -0.1) is 0 Å². The molecule has 0 saturated heterocycles. The van der Waals surface area contributed by atoms with Crippen molar-refractivity contribution in [1.82, 2.24) is 0 Å². The fourth-order valence-electron chi connectivity index (χ4n) is 2.88. The van der Waals surface area contributed by atoms with Gasteiger partial charge in [0, 0.05) is 29.3 Å². The van der Waals surface area contributed by atoms with Gasteiger partial charge in [0.25, 0.3) is 0 Å². The zero-order valence-corrected chi connectivity index (χ0v) is 21.0. The van der Waals surface area contributed by atoms with E-state index in [9.17, 15) is 4.79 Å². The van der Waals surface area contributed by atoms with Crippen LogP contribution in [0.15, 0.2) is 12.2 Å². The third-order valence-electron chi connectivity index (χ3n) is 5.96. The van der Waals surface area contributed by atoms with E-state index in [0.717, 1.165) is 30.1 Å². The quantitative estimate of drug-likeness (QED) is 0.147. The third kappa shape index (κ3) is 7.62. The number of ether oxygens (including phenoxy) is 1. The Hall–Kier alpha value is 0.117. The molecule has 26 heavy (non-hydrogen) atoms. The molecule has 5 heteroatoms. The molecule has 1 rings (SSSR count). The monoisotopic (exact) mass is 494 g/mol. The van der Waals surface area contributed by atoms with Crippen molar-refractivity contribution < 1.29 is 14.0 Å². The van der Waals surface area contributed by atoms with Crippen molar-refractivity contribution in [3.05, 3.63) is 12.2 Å². The van der Waals surface area contributed by atoms with Gasteiger partial charge in [0.1, 0.15) is 6.10 Å². The van der Waals surface area contributed by atoms with Crippen LogP contribution >= 0.6 is 22.6 Å². The van der Waals surface area contributed by atoms with E-state index in [1.807, 2.05) is 0 Å². The molecule has 0 aromatic carbocycles. The van der Waals surface area contributed by atoms with Crippen LogP contribution in [0.5, 0.6) is 0 Å². The lowest BCUT2D eigenvalue weighted by Crippen LogP contribution is -2.45. The highest BCUT2D eigenvalue weighted by atomic mass is 127. The number of allylic oxidation sites excluding steroid dienone is 1. The van der Waals surface area contributed by atoms with E-state index in [-0.39, 0.29) is 23.2 Å². The van der Waals surface area contributed by atoms with E-state index in [2.05, 4.69) is 82.5 Å². The van der Waals surface area contributed by atoms with Gasteiger partial charge in [-0.25, -0.2) is 0 Å². The number of rotatable bonds is 4. The summed E-state index contributed by atoms with van der Waals surface area (Å²) in [7, 11) is -1.81. The molecule has 0 aromatic heterocycles. The number of cyclic esters (lactones) is 1. The van der Waals surface area contributed by atoms with Crippen LogP contribution in [0.4, 0.5) is 0 Å². The second-order valence-electron chi connectivity index (χ2n) is 9.39. The summed E-state index contributed by atoms with van der Waals surface area (Å²) in [5.41, 5.74) is 0. The molecule has 152 valence electrons. The van der Waals surface area contributed by atoms with Crippen LogP contribution in [0.25, 0.3) is 0 Å². The number of esters is 1. The highest BCUT2D eigenvalue weighted by molar-refractivity contribution is 14.1. The molecule has 0 amide bonds. The molecule has 0 saturated carbocycles. The van der Waals surface area contributed by atoms with E-state index >= 15 is 0 Å². The standard InChI is InChI=1S/C21H39IO3Si/c1-16-11-8-9-12-18(17(2)15-22)24-20(23)14-10-13-19(16)25-26(6,7)21(3,4)5/h8-9,16-19H,10-15H2,1-7H3/t16-,17-,18+,19-/m0/s1. The molecule has 0 aromatic rings. The van der Waals surface area contributed by atoms with Crippen LogP contribution in [0.2, 0.25) is 18.1 Å². The van der Waals surface area contributed by atoms with Crippen molar-refractivity contribution in [3.63, 3.8) is 0 Å². The van der Waals surface area contributed by atoms with Crippen LogP contribution in [0.3, 0.4) is 0 Å². The normalized spacial score (nSPS) is 28.0. The van der Waals surface area contributed by atoms with Crippen LogP contribution < -0.4 is 0 Å². The minimum absolute atomic E-state index is 0.00432. The first-order valence-electron chi connectivity index (χ1n) is 10.1. The predicted molar refractivity (Wildman–Crippen MR) is 121 cm³/mol. The van der Waals surface area contributed by atoms with E-state index in [1.54, 1.807) is 0 Å². The number of carbonyl (C=O) groups excluding carboxylic acids is 1. The van der Waals surface area contributed by atoms with Crippen molar-refractivity contribution in [1.29, 1.82) is 0 Å². The van der Waals surface area contributed by atoms with Crippen LogP contribution in [-0.2, 0) is 14.0 Å². The van der Waals surface area contributed by atoms with E-state index in [4.69, 9.17) is 9.16 Å². The maximum absolute atomic E-state index is 12.3. The van der Waals surface area contributed by atoms with Gasteiger partial charge < -0.3 is 9.16 Å². The average Bonchev–Trinajstić information content (AvgIpc) is 2.53. The molecule has 1 heterocycles. The average molecular weight is 495 g/mol. The van der Waals surface area contributed by atoms with Gasteiger partial charge in [-0.2, -0.15) is 0 Å². The Kier molecular flexibility index (Phi) is 9.85. The molecule has 0 unspecified atom stereocenters. The SMILES string of the molecule is C[C@H]1CC=CC[C@H]([C@@H](C)CI)OC(=O)CCC[C@@H]1O[Si](C)(C)C(C)(C)C. The minimum Gasteiger partial charge on any atom is -0.462 e. The second-order valence-corrected chi connectivity index (χ2v) is 15.0. The Labute approximate surface area is 175 Å². The topological polar surface area (TPSA) is 35.5 Å². The third-order valence-corrected chi connectivity index (χ3v) is 11.9. The lowest BCUT2D eigenvalue weighted by molar-refractivity contribution is -0.151. The van der Waals surface area contributed by atoms with E-state index < -0.39 is 8.32 Å². The summed E-state index contributed by atoms with van der Waals surface area (Å²) in [6.45, 7) is 15.9. The number of carbonyl (C=O) groups is 1. The first kappa shape index (κ1) is 24.2. The van der Waals surface area contributed by atoms with Gasteiger partial charge in [0.2, 0.25) is 0 Å². The Morgan fingerprint density at radius 2 is 1.92 bits per heavy atom. The Morgan fingerprint density at radius 3 is 2.50 bits per heavy atom. The fourth-order valence-corrected chi connectivity index (χ4v) is 4.91. The van der Waals surface area contributed by atoms with Crippen molar-refractivity contribution >= 4 is 36.9 Å². The van der Waals surface area contributed by atoms with Crippen LogP contribution in [0.1, 0.15) is 66.7 Å². The summed E-state index contributed by atoms with van der Waals surface area (Å²) in [4.78, 5) is 12.3. The fraction of sp³-hybridized carbons (Fsp3) is 0.857. The lowest BCUT2D eigenvalue weighted by atomic mass is 9.95. The number of alkyl halides is 1. The van der Waals surface area contributed by atoms with Crippen molar-refractivity contribution in [3.8, 4) is 0 Å². The number of halogens is 1. The number of hydrogen-bond acceptors (Lipinski definition) is 3. The van der Waals surface area contributed by atoms with Crippen LogP contribution in [-0.4, -0.2) is 30.9 Å². The predicted octanol–water partition coefficient (Wildman–Crippen LogP) is 6.52. The molecule has 3 nitrogen and oxygen atoms in total. The molecule has 0 fully saturated rings. The van der Waals surface area contributed by atoms with Gasteiger partial charge >= 0.3 is 5.97 Å². The molecular formula is C21H39IO3Si. The summed E-state index contributed by atoms with van der Waals surface area (Å²) in [6, 6.07) is 0. The molecule has 1 aliphatic heterocycles. The first-order valence-corrected chi connectivity index (χ1v) is 14.5. The number of hydrogen-bond donors (Lipinski definition) is 0. The molecule has 0 bridgehead atoms. The van der Waals surface area contributed by atoms with Gasteiger partial charge in [-0.1, -0.05) is 69.4 Å². The van der Waals surface area contributed by atoms with Gasteiger partial charge in [-0.05, 0) is 43.3 Å². The molecule has 0 radical (unpaired) electrons. The van der Waals surface area contributed by atoms with Crippen molar-refractivity contribution in [2.45, 2.75) is 97.1 Å². The van der Waals surface area contributed by atoms with Gasteiger partial charge in [0.05, 0.1) is 0 Å².